The summed E-state index contributed by atoms with van der Waals surface area (Å²) in [6.45, 7) is 7.02. The number of fused-ring (bicyclic) bond motifs is 1. The monoisotopic (exact) mass is 202 g/mol. The van der Waals surface area contributed by atoms with Gasteiger partial charge in [-0.25, -0.2) is 0 Å². The first-order valence-electron chi connectivity index (χ1n) is 6.31. The highest BCUT2D eigenvalue weighted by atomic mass is 14.2. The van der Waals surface area contributed by atoms with Gasteiger partial charge in [0.25, 0.3) is 0 Å². The van der Waals surface area contributed by atoms with Crippen LogP contribution in [0.2, 0.25) is 0 Å². The average molecular weight is 202 g/mol. The van der Waals surface area contributed by atoms with E-state index in [1.165, 1.54) is 25.7 Å². The number of hydrogen-bond donors (Lipinski definition) is 0. The summed E-state index contributed by atoms with van der Waals surface area (Å²) in [5.41, 5.74) is 4.90. The molecule has 0 bridgehead atoms. The Labute approximate surface area is 93.7 Å². The van der Waals surface area contributed by atoms with E-state index in [0.717, 1.165) is 5.92 Å². The van der Waals surface area contributed by atoms with Crippen molar-refractivity contribution in [2.45, 2.75) is 52.4 Å². The maximum atomic E-state index is 2.37. The standard InChI is InChI=1S/C15H22/c1-11(2)12(3)14-10-6-8-13-7-4-5-9-15(13)14/h6,8,10-12H,4-5,7,9H2,1-3H3/t12-/m1/s1. The summed E-state index contributed by atoms with van der Waals surface area (Å²) in [5.74, 6) is 1.46. The Morgan fingerprint density at radius 2 is 1.73 bits per heavy atom. The molecule has 0 spiro atoms. The van der Waals surface area contributed by atoms with Gasteiger partial charge >= 0.3 is 0 Å². The van der Waals surface area contributed by atoms with Crippen LogP contribution in [-0.4, -0.2) is 0 Å². The fraction of sp³-hybridized carbons (Fsp3) is 0.600. The van der Waals surface area contributed by atoms with Gasteiger partial charge < -0.3 is 0 Å². The van der Waals surface area contributed by atoms with Gasteiger partial charge in [-0.15, -0.1) is 0 Å². The van der Waals surface area contributed by atoms with Crippen molar-refractivity contribution in [3.05, 3.63) is 34.9 Å². The lowest BCUT2D eigenvalue weighted by atomic mass is 9.81. The van der Waals surface area contributed by atoms with Crippen molar-refractivity contribution in [2.75, 3.05) is 0 Å². The topological polar surface area (TPSA) is 0 Å². The van der Waals surface area contributed by atoms with Crippen molar-refractivity contribution in [2.24, 2.45) is 5.92 Å². The summed E-state index contributed by atoms with van der Waals surface area (Å²) in [4.78, 5) is 0. The third kappa shape index (κ3) is 2.09. The van der Waals surface area contributed by atoms with Crippen LogP contribution in [0, 0.1) is 5.92 Å². The Hall–Kier alpha value is -0.780. The van der Waals surface area contributed by atoms with E-state index in [-0.39, 0.29) is 0 Å². The Morgan fingerprint density at radius 1 is 1.00 bits per heavy atom. The van der Waals surface area contributed by atoms with Crippen LogP contribution >= 0.6 is 0 Å². The molecule has 0 radical (unpaired) electrons. The first kappa shape index (κ1) is 10.7. The molecule has 1 aliphatic rings. The van der Waals surface area contributed by atoms with Gasteiger partial charge in [0.1, 0.15) is 0 Å². The van der Waals surface area contributed by atoms with E-state index in [0.29, 0.717) is 5.92 Å². The Morgan fingerprint density at radius 3 is 2.47 bits per heavy atom. The molecular formula is C15H22. The Bertz CT molecular complexity index is 336. The maximum absolute atomic E-state index is 2.37. The van der Waals surface area contributed by atoms with E-state index in [4.69, 9.17) is 0 Å². The summed E-state index contributed by atoms with van der Waals surface area (Å²) >= 11 is 0. The van der Waals surface area contributed by atoms with Crippen molar-refractivity contribution in [1.82, 2.24) is 0 Å². The van der Waals surface area contributed by atoms with E-state index < -0.39 is 0 Å². The number of aryl methyl sites for hydroxylation is 1. The van der Waals surface area contributed by atoms with Crippen LogP contribution in [0.5, 0.6) is 0 Å². The highest BCUT2D eigenvalue weighted by Crippen LogP contribution is 2.32. The first-order valence-corrected chi connectivity index (χ1v) is 6.31. The molecule has 1 aromatic rings. The number of benzene rings is 1. The van der Waals surface area contributed by atoms with Gasteiger partial charge in [0.2, 0.25) is 0 Å². The molecule has 1 aromatic carbocycles. The fourth-order valence-corrected chi connectivity index (χ4v) is 2.60. The summed E-state index contributed by atoms with van der Waals surface area (Å²) < 4.78 is 0. The summed E-state index contributed by atoms with van der Waals surface area (Å²) in [5, 5.41) is 0. The van der Waals surface area contributed by atoms with Gasteiger partial charge in [0, 0.05) is 0 Å². The van der Waals surface area contributed by atoms with Crippen molar-refractivity contribution < 1.29 is 0 Å². The van der Waals surface area contributed by atoms with Crippen molar-refractivity contribution in [3.63, 3.8) is 0 Å². The number of hydrogen-bond acceptors (Lipinski definition) is 0. The molecule has 0 aromatic heterocycles. The Balaban J connectivity index is 2.39. The second-order valence-electron chi connectivity index (χ2n) is 5.22. The zero-order valence-corrected chi connectivity index (χ0v) is 10.2. The minimum absolute atomic E-state index is 0.707. The van der Waals surface area contributed by atoms with Gasteiger partial charge in [0.05, 0.1) is 0 Å². The van der Waals surface area contributed by atoms with E-state index in [2.05, 4.69) is 39.0 Å². The lowest BCUT2D eigenvalue weighted by Crippen LogP contribution is -2.11. The molecule has 0 N–H and O–H groups in total. The van der Waals surface area contributed by atoms with Gasteiger partial charge in [-0.2, -0.15) is 0 Å². The van der Waals surface area contributed by atoms with E-state index in [1.807, 2.05) is 0 Å². The fourth-order valence-electron chi connectivity index (χ4n) is 2.60. The largest absolute Gasteiger partial charge is 0.0622 e. The predicted molar refractivity (Wildman–Crippen MR) is 66.3 cm³/mol. The first-order chi connectivity index (χ1) is 7.20. The van der Waals surface area contributed by atoms with Crippen LogP contribution in [0.1, 0.15) is 56.2 Å². The van der Waals surface area contributed by atoms with Crippen LogP contribution < -0.4 is 0 Å². The molecule has 0 unspecified atom stereocenters. The smallest absolute Gasteiger partial charge is 0.0164 e. The normalized spacial score (nSPS) is 17.6. The van der Waals surface area contributed by atoms with Gasteiger partial charge in [0.15, 0.2) is 0 Å². The SMILES string of the molecule is CC(C)[C@@H](C)c1cccc2c1CCCC2. The maximum Gasteiger partial charge on any atom is -0.0164 e. The second-order valence-corrected chi connectivity index (χ2v) is 5.22. The Kier molecular flexibility index (Phi) is 3.14. The minimum Gasteiger partial charge on any atom is -0.0622 e. The molecule has 15 heavy (non-hydrogen) atoms. The van der Waals surface area contributed by atoms with Gasteiger partial charge in [-0.1, -0.05) is 39.0 Å². The van der Waals surface area contributed by atoms with Crippen molar-refractivity contribution in [1.29, 1.82) is 0 Å². The van der Waals surface area contributed by atoms with E-state index >= 15 is 0 Å². The molecule has 0 saturated heterocycles. The van der Waals surface area contributed by atoms with Crippen LogP contribution in [-0.2, 0) is 12.8 Å². The molecular weight excluding hydrogens is 180 g/mol. The molecule has 82 valence electrons. The summed E-state index contributed by atoms with van der Waals surface area (Å²) in [6.07, 6.45) is 5.37. The van der Waals surface area contributed by atoms with Crippen LogP contribution in [0.4, 0.5) is 0 Å². The third-order valence-corrected chi connectivity index (χ3v) is 3.92. The van der Waals surface area contributed by atoms with Crippen molar-refractivity contribution >= 4 is 0 Å². The molecule has 0 fully saturated rings. The third-order valence-electron chi connectivity index (χ3n) is 3.92. The molecule has 0 amide bonds. The zero-order chi connectivity index (χ0) is 10.8. The van der Waals surface area contributed by atoms with Crippen LogP contribution in [0.3, 0.4) is 0 Å². The molecule has 1 aliphatic carbocycles. The van der Waals surface area contributed by atoms with Gasteiger partial charge in [-0.05, 0) is 54.2 Å². The van der Waals surface area contributed by atoms with Crippen LogP contribution in [0.25, 0.3) is 0 Å². The van der Waals surface area contributed by atoms with E-state index in [9.17, 15) is 0 Å². The molecule has 0 nitrogen and oxygen atoms in total. The molecule has 0 heterocycles. The lowest BCUT2D eigenvalue weighted by Gasteiger charge is -2.24. The quantitative estimate of drug-likeness (QED) is 0.670. The average Bonchev–Trinajstić information content (AvgIpc) is 2.27. The predicted octanol–water partition coefficient (Wildman–Crippen LogP) is 4.32. The zero-order valence-electron chi connectivity index (χ0n) is 10.2. The second kappa shape index (κ2) is 4.38. The van der Waals surface area contributed by atoms with Crippen LogP contribution in [0.15, 0.2) is 18.2 Å². The highest BCUT2D eigenvalue weighted by Gasteiger charge is 2.18. The molecule has 1 atom stereocenters. The molecule has 0 heteroatoms. The lowest BCUT2D eigenvalue weighted by molar-refractivity contribution is 0.526. The van der Waals surface area contributed by atoms with Gasteiger partial charge in [-0.3, -0.25) is 0 Å². The minimum atomic E-state index is 0.707. The molecule has 0 aliphatic heterocycles. The highest BCUT2D eigenvalue weighted by molar-refractivity contribution is 5.39. The summed E-state index contributed by atoms with van der Waals surface area (Å²) in [7, 11) is 0. The summed E-state index contributed by atoms with van der Waals surface area (Å²) in [6, 6.07) is 6.91. The molecule has 0 saturated carbocycles. The molecule has 2 rings (SSSR count). The number of rotatable bonds is 2. The van der Waals surface area contributed by atoms with Crippen molar-refractivity contribution in [3.8, 4) is 0 Å². The van der Waals surface area contributed by atoms with E-state index in [1.54, 1.807) is 16.7 Å².